The Balaban J connectivity index is 1.78. The van der Waals surface area contributed by atoms with E-state index in [4.69, 9.17) is 4.42 Å². The minimum absolute atomic E-state index is 0.0957. The van der Waals surface area contributed by atoms with Gasteiger partial charge in [-0.2, -0.15) is 0 Å². The molecule has 0 spiro atoms. The SMILES string of the molecule is Cc1ccc(C(CNC(=O)c2oc3ccc(Br)cc3c2C)N(C)C)cc1. The van der Waals surface area contributed by atoms with E-state index >= 15 is 0 Å². The van der Waals surface area contributed by atoms with E-state index in [0.717, 1.165) is 21.0 Å². The molecule has 1 unspecified atom stereocenters. The molecule has 1 aromatic heterocycles. The Bertz CT molecular complexity index is 929. The van der Waals surface area contributed by atoms with Gasteiger partial charge in [0.25, 0.3) is 5.91 Å². The zero-order chi connectivity index (χ0) is 18.8. The number of furan rings is 1. The average Bonchev–Trinajstić information content (AvgIpc) is 2.93. The highest BCUT2D eigenvalue weighted by Crippen LogP contribution is 2.28. The summed E-state index contributed by atoms with van der Waals surface area (Å²) in [5, 5.41) is 3.97. The Morgan fingerprint density at radius 2 is 1.85 bits per heavy atom. The number of fused-ring (bicyclic) bond motifs is 1. The largest absolute Gasteiger partial charge is 0.451 e. The van der Waals surface area contributed by atoms with Crippen molar-refractivity contribution < 1.29 is 9.21 Å². The van der Waals surface area contributed by atoms with E-state index in [2.05, 4.69) is 57.3 Å². The van der Waals surface area contributed by atoms with Crippen molar-refractivity contribution in [1.82, 2.24) is 10.2 Å². The normalized spacial score (nSPS) is 12.5. The van der Waals surface area contributed by atoms with Crippen LogP contribution in [0.1, 0.15) is 33.3 Å². The van der Waals surface area contributed by atoms with Crippen molar-refractivity contribution in [2.75, 3.05) is 20.6 Å². The molecule has 0 aliphatic heterocycles. The van der Waals surface area contributed by atoms with Crippen LogP contribution in [-0.4, -0.2) is 31.4 Å². The minimum atomic E-state index is -0.186. The summed E-state index contributed by atoms with van der Waals surface area (Å²) >= 11 is 3.46. The van der Waals surface area contributed by atoms with E-state index in [1.165, 1.54) is 11.1 Å². The number of hydrogen-bond acceptors (Lipinski definition) is 3. The molecular weight excluding hydrogens is 392 g/mol. The van der Waals surface area contributed by atoms with Crippen LogP contribution in [-0.2, 0) is 0 Å². The average molecular weight is 415 g/mol. The van der Waals surface area contributed by atoms with E-state index in [1.807, 2.05) is 39.2 Å². The smallest absolute Gasteiger partial charge is 0.287 e. The van der Waals surface area contributed by atoms with Crippen molar-refractivity contribution in [3.05, 3.63) is 69.4 Å². The molecule has 4 nitrogen and oxygen atoms in total. The summed E-state index contributed by atoms with van der Waals surface area (Å²) in [6.07, 6.45) is 0. The van der Waals surface area contributed by atoms with Crippen LogP contribution in [0.4, 0.5) is 0 Å². The molecule has 1 heterocycles. The van der Waals surface area contributed by atoms with Crippen LogP contribution in [0.2, 0.25) is 0 Å². The number of hydrogen-bond donors (Lipinski definition) is 1. The van der Waals surface area contributed by atoms with Crippen LogP contribution in [0.3, 0.4) is 0 Å². The maximum Gasteiger partial charge on any atom is 0.287 e. The fourth-order valence-electron chi connectivity index (χ4n) is 3.07. The van der Waals surface area contributed by atoms with Crippen molar-refractivity contribution in [1.29, 1.82) is 0 Å². The number of carbonyl (C=O) groups is 1. The third-order valence-corrected chi connectivity index (χ3v) is 5.14. The maximum absolute atomic E-state index is 12.7. The topological polar surface area (TPSA) is 45.5 Å². The van der Waals surface area contributed by atoms with Crippen molar-refractivity contribution >= 4 is 32.8 Å². The fraction of sp³-hybridized carbons (Fsp3) is 0.286. The molecule has 0 bridgehead atoms. The minimum Gasteiger partial charge on any atom is -0.451 e. The lowest BCUT2D eigenvalue weighted by atomic mass is 10.0. The van der Waals surface area contributed by atoms with Gasteiger partial charge in [0.2, 0.25) is 0 Å². The van der Waals surface area contributed by atoms with Gasteiger partial charge in [-0.05, 0) is 51.7 Å². The number of carbonyl (C=O) groups excluding carboxylic acids is 1. The highest BCUT2D eigenvalue weighted by molar-refractivity contribution is 9.10. The molecule has 2 aromatic carbocycles. The summed E-state index contributed by atoms with van der Waals surface area (Å²) in [5.74, 6) is 0.188. The van der Waals surface area contributed by atoms with Crippen molar-refractivity contribution in [3.8, 4) is 0 Å². The number of halogens is 1. The Morgan fingerprint density at radius 3 is 2.50 bits per heavy atom. The molecule has 1 amide bonds. The van der Waals surface area contributed by atoms with Gasteiger partial charge in [-0.15, -0.1) is 0 Å². The number of likely N-dealkylation sites (N-methyl/N-ethyl adjacent to an activating group) is 1. The molecule has 0 fully saturated rings. The van der Waals surface area contributed by atoms with Crippen molar-refractivity contribution in [2.45, 2.75) is 19.9 Å². The van der Waals surface area contributed by atoms with Gasteiger partial charge in [-0.3, -0.25) is 4.79 Å². The quantitative estimate of drug-likeness (QED) is 0.649. The second-order valence-electron chi connectivity index (χ2n) is 6.80. The van der Waals surface area contributed by atoms with Crippen LogP contribution in [0.25, 0.3) is 11.0 Å². The standard InChI is InChI=1S/C21H23BrN2O2/c1-13-5-7-15(8-6-13)18(24(3)4)12-23-21(25)20-14(2)17-11-16(22)9-10-19(17)26-20/h5-11,18H,12H2,1-4H3,(H,23,25). The first kappa shape index (κ1) is 18.7. The number of aryl methyl sites for hydroxylation is 2. The Kier molecular flexibility index (Phi) is 5.49. The summed E-state index contributed by atoms with van der Waals surface area (Å²) in [6, 6.07) is 14.2. The lowest BCUT2D eigenvalue weighted by Gasteiger charge is -2.25. The Morgan fingerprint density at radius 1 is 1.15 bits per heavy atom. The third-order valence-electron chi connectivity index (χ3n) is 4.65. The first-order valence-electron chi connectivity index (χ1n) is 8.56. The number of nitrogens with zero attached hydrogens (tertiary/aromatic N) is 1. The van der Waals surface area contributed by atoms with E-state index < -0.39 is 0 Å². The molecule has 5 heteroatoms. The number of rotatable bonds is 5. The molecule has 0 aliphatic rings. The fourth-order valence-corrected chi connectivity index (χ4v) is 3.43. The van der Waals surface area contributed by atoms with Gasteiger partial charge in [-0.1, -0.05) is 45.8 Å². The lowest BCUT2D eigenvalue weighted by molar-refractivity contribution is 0.0915. The second kappa shape index (κ2) is 7.64. The van der Waals surface area contributed by atoms with Crippen LogP contribution >= 0.6 is 15.9 Å². The van der Waals surface area contributed by atoms with E-state index in [1.54, 1.807) is 0 Å². The Hall–Kier alpha value is -2.11. The zero-order valence-electron chi connectivity index (χ0n) is 15.5. The summed E-state index contributed by atoms with van der Waals surface area (Å²) in [7, 11) is 4.03. The molecule has 1 N–H and O–H groups in total. The molecule has 3 aromatic rings. The van der Waals surface area contributed by atoms with Gasteiger partial charge in [0.05, 0.1) is 6.04 Å². The van der Waals surface area contributed by atoms with Gasteiger partial charge in [0, 0.05) is 22.0 Å². The highest BCUT2D eigenvalue weighted by Gasteiger charge is 2.20. The molecule has 1 atom stereocenters. The molecule has 0 radical (unpaired) electrons. The van der Waals surface area contributed by atoms with Gasteiger partial charge < -0.3 is 14.6 Å². The Labute approximate surface area is 162 Å². The van der Waals surface area contributed by atoms with Crippen molar-refractivity contribution in [3.63, 3.8) is 0 Å². The van der Waals surface area contributed by atoms with Crippen LogP contribution in [0.15, 0.2) is 51.4 Å². The van der Waals surface area contributed by atoms with Gasteiger partial charge in [0.1, 0.15) is 5.58 Å². The third kappa shape index (κ3) is 3.84. The monoisotopic (exact) mass is 414 g/mol. The molecular formula is C21H23BrN2O2. The molecule has 0 saturated heterocycles. The highest BCUT2D eigenvalue weighted by atomic mass is 79.9. The summed E-state index contributed by atoms with van der Waals surface area (Å²) in [6.45, 7) is 4.49. The first-order chi connectivity index (χ1) is 12.4. The summed E-state index contributed by atoms with van der Waals surface area (Å²) in [4.78, 5) is 14.8. The number of benzene rings is 2. The molecule has 3 rings (SSSR count). The lowest BCUT2D eigenvalue weighted by Crippen LogP contribution is -2.34. The van der Waals surface area contributed by atoms with Crippen LogP contribution in [0, 0.1) is 13.8 Å². The van der Waals surface area contributed by atoms with Crippen molar-refractivity contribution in [2.24, 2.45) is 0 Å². The molecule has 26 heavy (non-hydrogen) atoms. The summed E-state index contributed by atoms with van der Waals surface area (Å²) < 4.78 is 6.75. The van der Waals surface area contributed by atoms with Gasteiger partial charge in [0.15, 0.2) is 5.76 Å². The van der Waals surface area contributed by atoms with Gasteiger partial charge in [-0.25, -0.2) is 0 Å². The second-order valence-corrected chi connectivity index (χ2v) is 7.71. The van der Waals surface area contributed by atoms with Crippen LogP contribution in [0.5, 0.6) is 0 Å². The molecule has 0 saturated carbocycles. The van der Waals surface area contributed by atoms with Gasteiger partial charge >= 0.3 is 0 Å². The zero-order valence-corrected chi connectivity index (χ0v) is 17.1. The number of nitrogens with one attached hydrogen (secondary N) is 1. The van der Waals surface area contributed by atoms with E-state index in [-0.39, 0.29) is 11.9 Å². The predicted molar refractivity (Wildman–Crippen MR) is 109 cm³/mol. The van der Waals surface area contributed by atoms with Crippen LogP contribution < -0.4 is 5.32 Å². The van der Waals surface area contributed by atoms with E-state index in [9.17, 15) is 4.79 Å². The molecule has 136 valence electrons. The maximum atomic E-state index is 12.7. The number of amides is 1. The van der Waals surface area contributed by atoms with E-state index in [0.29, 0.717) is 12.3 Å². The summed E-state index contributed by atoms with van der Waals surface area (Å²) in [5.41, 5.74) is 3.97. The first-order valence-corrected chi connectivity index (χ1v) is 9.36. The predicted octanol–water partition coefficient (Wildman–Crippen LogP) is 4.84. The molecule has 0 aliphatic carbocycles.